The number of nitrogens with zero attached hydrogens (tertiary/aromatic N) is 1. The van der Waals surface area contributed by atoms with Gasteiger partial charge in [-0.25, -0.2) is 0 Å². The molecule has 1 saturated heterocycles. The molecule has 5 N–H and O–H groups in total. The Morgan fingerprint density at radius 1 is 1.32 bits per heavy atom. The molecule has 1 aliphatic rings. The minimum Gasteiger partial charge on any atom is -0.426 e. The van der Waals surface area contributed by atoms with Gasteiger partial charge in [-0.05, 0) is 30.7 Å². The molecule has 3 unspecified atom stereocenters. The van der Waals surface area contributed by atoms with Gasteiger partial charge in [0.15, 0.2) is 0 Å². The van der Waals surface area contributed by atoms with E-state index in [9.17, 15) is 19.6 Å². The van der Waals surface area contributed by atoms with Crippen molar-refractivity contribution in [3.8, 4) is 0 Å². The van der Waals surface area contributed by atoms with Crippen molar-refractivity contribution in [3.63, 3.8) is 0 Å². The molecule has 0 aromatic heterocycles. The summed E-state index contributed by atoms with van der Waals surface area (Å²) in [5.41, 5.74) is 6.08. The van der Waals surface area contributed by atoms with Crippen LogP contribution in [0.3, 0.4) is 0 Å². The number of hydrogen-bond donors (Lipinski definition) is 4. The van der Waals surface area contributed by atoms with Gasteiger partial charge in [-0.3, -0.25) is 9.59 Å². The van der Waals surface area contributed by atoms with E-state index < -0.39 is 30.5 Å². The fraction of sp³-hybridized carbons (Fsp3) is 0.579. The van der Waals surface area contributed by atoms with Crippen molar-refractivity contribution in [1.82, 2.24) is 10.2 Å². The lowest BCUT2D eigenvalue weighted by molar-refractivity contribution is -0.150. The molecule has 7 nitrogen and oxygen atoms in total. The molecule has 0 spiro atoms. The summed E-state index contributed by atoms with van der Waals surface area (Å²) in [7, 11) is -1.67. The lowest BCUT2D eigenvalue weighted by Gasteiger charge is -2.44. The van der Waals surface area contributed by atoms with E-state index in [2.05, 4.69) is 5.32 Å². The fourth-order valence-electron chi connectivity index (χ4n) is 3.56. The van der Waals surface area contributed by atoms with Crippen molar-refractivity contribution in [1.29, 1.82) is 0 Å². The molecule has 28 heavy (non-hydrogen) atoms. The number of hydrogen-bond acceptors (Lipinski definition) is 5. The Labute approximate surface area is 173 Å². The average molecular weight is 412 g/mol. The van der Waals surface area contributed by atoms with E-state index in [1.165, 1.54) is 4.90 Å². The summed E-state index contributed by atoms with van der Waals surface area (Å²) >= 11 is 0. The maximum absolute atomic E-state index is 13.2. The zero-order valence-electron chi connectivity index (χ0n) is 16.7. The summed E-state index contributed by atoms with van der Waals surface area (Å²) in [4.78, 5) is 27.8. The van der Waals surface area contributed by atoms with Crippen molar-refractivity contribution in [3.05, 3.63) is 35.9 Å². The highest BCUT2D eigenvalue weighted by molar-refractivity contribution is 6.43. The molecule has 0 saturated carbocycles. The largest absolute Gasteiger partial charge is 0.475 e. The van der Waals surface area contributed by atoms with Crippen LogP contribution < -0.4 is 11.1 Å². The molecule has 1 fully saturated rings. The third-order valence-electron chi connectivity index (χ3n) is 5.48. The number of halogens is 1. The Balaban J connectivity index is 0.00000392. The lowest BCUT2D eigenvalue weighted by Crippen LogP contribution is -2.64. The van der Waals surface area contributed by atoms with Crippen molar-refractivity contribution >= 4 is 31.3 Å². The summed E-state index contributed by atoms with van der Waals surface area (Å²) in [6.45, 7) is 6.00. The number of nitrogens with one attached hydrogen (secondary N) is 1. The van der Waals surface area contributed by atoms with Crippen molar-refractivity contribution in [2.75, 3.05) is 6.54 Å². The second-order valence-electron chi connectivity index (χ2n) is 7.55. The van der Waals surface area contributed by atoms with Crippen LogP contribution in [0, 0.1) is 5.92 Å². The average Bonchev–Trinajstić information content (AvgIpc) is 2.64. The van der Waals surface area contributed by atoms with Gasteiger partial charge >= 0.3 is 7.12 Å². The van der Waals surface area contributed by atoms with E-state index in [-0.39, 0.29) is 24.2 Å². The van der Waals surface area contributed by atoms with Crippen LogP contribution >= 0.6 is 12.4 Å². The summed E-state index contributed by atoms with van der Waals surface area (Å²) < 4.78 is 0. The summed E-state index contributed by atoms with van der Waals surface area (Å²) in [5.74, 6) is -1.56. The van der Waals surface area contributed by atoms with Crippen LogP contribution in [-0.4, -0.2) is 51.9 Å². The predicted octanol–water partition coefficient (Wildman–Crippen LogP) is 1.03. The van der Waals surface area contributed by atoms with Gasteiger partial charge in [-0.15, -0.1) is 12.4 Å². The number of carbonyl (C=O) groups is 2. The third kappa shape index (κ3) is 5.05. The molecule has 1 aromatic rings. The monoisotopic (exact) mass is 411 g/mol. The van der Waals surface area contributed by atoms with Gasteiger partial charge in [-0.1, -0.05) is 51.1 Å². The van der Waals surface area contributed by atoms with E-state index in [1.807, 2.05) is 19.9 Å². The van der Waals surface area contributed by atoms with Crippen LogP contribution in [0.4, 0.5) is 0 Å². The first-order valence-electron chi connectivity index (χ1n) is 9.53. The van der Waals surface area contributed by atoms with Crippen LogP contribution in [0.25, 0.3) is 0 Å². The number of piperidine rings is 1. The van der Waals surface area contributed by atoms with E-state index in [0.717, 1.165) is 0 Å². The van der Waals surface area contributed by atoms with Gasteiger partial charge in [0, 0.05) is 6.54 Å². The van der Waals surface area contributed by atoms with E-state index in [4.69, 9.17) is 5.73 Å². The Kier molecular flexibility index (Phi) is 8.95. The zero-order chi connectivity index (χ0) is 20.2. The van der Waals surface area contributed by atoms with Gasteiger partial charge in [0.2, 0.25) is 11.8 Å². The topological polar surface area (TPSA) is 116 Å². The van der Waals surface area contributed by atoms with Crippen LogP contribution in [0.15, 0.2) is 30.3 Å². The predicted molar refractivity (Wildman–Crippen MR) is 112 cm³/mol. The molecule has 3 atom stereocenters. The maximum atomic E-state index is 13.2. The Hall–Kier alpha value is -1.61. The van der Waals surface area contributed by atoms with Crippen LogP contribution in [0.1, 0.15) is 51.6 Å². The van der Waals surface area contributed by atoms with Crippen LogP contribution in [0.5, 0.6) is 0 Å². The molecule has 0 radical (unpaired) electrons. The molecular weight excluding hydrogens is 380 g/mol. The number of likely N-dealkylation sites (tertiary alicyclic amines) is 1. The first-order valence-corrected chi connectivity index (χ1v) is 9.53. The molecular formula is C19H31BClN3O4. The normalized spacial score (nSPS) is 21.7. The molecule has 0 bridgehead atoms. The highest BCUT2D eigenvalue weighted by Crippen LogP contribution is 2.33. The first-order chi connectivity index (χ1) is 12.7. The molecule has 0 aliphatic carbocycles. The van der Waals surface area contributed by atoms with Crippen molar-refractivity contribution in [2.45, 2.75) is 57.6 Å². The molecule has 156 valence electrons. The van der Waals surface area contributed by atoms with Gasteiger partial charge < -0.3 is 26.0 Å². The lowest BCUT2D eigenvalue weighted by atomic mass is 9.77. The molecule has 9 heteroatoms. The second kappa shape index (κ2) is 10.3. The minimum atomic E-state index is -1.67. The second-order valence-corrected chi connectivity index (χ2v) is 7.55. The van der Waals surface area contributed by atoms with Crippen molar-refractivity contribution in [2.24, 2.45) is 11.7 Å². The maximum Gasteiger partial charge on any atom is 0.475 e. The number of benzene rings is 1. The quantitative estimate of drug-likeness (QED) is 0.500. The van der Waals surface area contributed by atoms with Gasteiger partial charge in [0.1, 0.15) is 6.04 Å². The SMILES string of the molecule is CCC(NC(=O)C(c1ccccc1)N1CCCC(N)(C(C)C)C1=O)B(O)O.Cl. The highest BCUT2D eigenvalue weighted by Gasteiger charge is 2.47. The molecule has 2 amide bonds. The van der Waals surface area contributed by atoms with E-state index >= 15 is 0 Å². The zero-order valence-corrected chi connectivity index (χ0v) is 17.5. The summed E-state index contributed by atoms with van der Waals surface area (Å²) in [6.07, 6.45) is 1.64. The number of rotatable bonds is 7. The fourth-order valence-corrected chi connectivity index (χ4v) is 3.56. The minimum absolute atomic E-state index is 0. The van der Waals surface area contributed by atoms with Crippen molar-refractivity contribution < 1.29 is 19.6 Å². The molecule has 1 heterocycles. The molecule has 1 aromatic carbocycles. The van der Waals surface area contributed by atoms with Gasteiger partial charge in [0.05, 0.1) is 11.5 Å². The number of amides is 2. The smallest absolute Gasteiger partial charge is 0.426 e. The number of carbonyl (C=O) groups excluding carboxylic acids is 2. The Bertz CT molecular complexity index is 662. The van der Waals surface area contributed by atoms with Crippen LogP contribution in [-0.2, 0) is 9.59 Å². The summed E-state index contributed by atoms with van der Waals surface area (Å²) in [6, 6.07) is 8.16. The number of nitrogens with two attached hydrogens (primary N) is 1. The Morgan fingerprint density at radius 2 is 1.93 bits per heavy atom. The first kappa shape index (κ1) is 24.4. The summed E-state index contributed by atoms with van der Waals surface area (Å²) in [5, 5.41) is 21.6. The third-order valence-corrected chi connectivity index (χ3v) is 5.48. The standard InChI is InChI=1S/C19H30BN3O4.ClH/c1-4-15(20(26)27)22-17(24)16(14-9-6-5-7-10-14)23-12-8-11-19(21,13(2)3)18(23)25;/h5-7,9-10,13,15-16,26-27H,4,8,11-12,21H2,1-3H3,(H,22,24);1H. The van der Waals surface area contributed by atoms with Gasteiger partial charge in [-0.2, -0.15) is 0 Å². The molecule has 2 rings (SSSR count). The highest BCUT2D eigenvalue weighted by atomic mass is 35.5. The van der Waals surface area contributed by atoms with Crippen LogP contribution in [0.2, 0.25) is 0 Å². The van der Waals surface area contributed by atoms with E-state index in [1.54, 1.807) is 31.2 Å². The van der Waals surface area contributed by atoms with Gasteiger partial charge in [0.25, 0.3) is 0 Å². The van der Waals surface area contributed by atoms with E-state index in [0.29, 0.717) is 31.4 Å². The molecule has 1 aliphatic heterocycles. The Morgan fingerprint density at radius 3 is 2.43 bits per heavy atom.